The van der Waals surface area contributed by atoms with Gasteiger partial charge < -0.3 is 18.9 Å². The molecule has 0 aromatic heterocycles. The van der Waals surface area contributed by atoms with Crippen molar-refractivity contribution in [3.05, 3.63) is 83.2 Å². The van der Waals surface area contributed by atoms with Crippen molar-refractivity contribution < 1.29 is 28.1 Å². The predicted octanol–water partition coefficient (Wildman–Crippen LogP) is 8.87. The standard InChI is InChI=1S/C32H37FO5.C4H8/c1-5-36-30(34)15-11-22-8-6-9-25(18-22)38-21-23-10-13-26(27-20-24(35-4)12-14-29(27)33)28(19-23)31-32(2,3)16-7-17-37-31;1-4-2-3-4/h6,8-10,12-14,18-20,31H,5,7,11,15-17,21H2,1-4H3;4H,2-3H2,1H3. The molecule has 0 spiro atoms. The molecule has 2 fully saturated rings. The molecule has 2 aliphatic rings. The molecule has 3 aromatic rings. The molecule has 5 nitrogen and oxygen atoms in total. The zero-order valence-corrected chi connectivity index (χ0v) is 25.7. The Hall–Kier alpha value is -3.38. The molecule has 1 saturated heterocycles. The van der Waals surface area contributed by atoms with Crippen LogP contribution in [0.2, 0.25) is 0 Å². The van der Waals surface area contributed by atoms with Gasteiger partial charge in [0.05, 0.1) is 19.8 Å². The Kier molecular flexibility index (Phi) is 11.0. The second kappa shape index (κ2) is 14.7. The molecule has 1 aliphatic heterocycles. The molecular formula is C36H45FO5. The Bertz CT molecular complexity index is 1330. The summed E-state index contributed by atoms with van der Waals surface area (Å²) in [6.07, 6.45) is 5.75. The van der Waals surface area contributed by atoms with Crippen LogP contribution < -0.4 is 9.47 Å². The van der Waals surface area contributed by atoms with Gasteiger partial charge in [0.15, 0.2) is 0 Å². The summed E-state index contributed by atoms with van der Waals surface area (Å²) in [4.78, 5) is 11.7. The molecule has 1 unspecified atom stereocenters. The average Bonchev–Trinajstić information content (AvgIpc) is 3.77. The number of methoxy groups -OCH3 is 1. The van der Waals surface area contributed by atoms with Crippen molar-refractivity contribution in [1.82, 2.24) is 0 Å². The quantitative estimate of drug-likeness (QED) is 0.226. The van der Waals surface area contributed by atoms with E-state index in [9.17, 15) is 4.79 Å². The zero-order chi connectivity index (χ0) is 30.1. The molecule has 1 saturated carbocycles. The van der Waals surface area contributed by atoms with E-state index in [1.54, 1.807) is 26.2 Å². The van der Waals surface area contributed by atoms with Gasteiger partial charge in [0.2, 0.25) is 0 Å². The Morgan fingerprint density at radius 3 is 2.48 bits per heavy atom. The van der Waals surface area contributed by atoms with E-state index in [4.69, 9.17) is 18.9 Å². The van der Waals surface area contributed by atoms with Gasteiger partial charge in [-0.3, -0.25) is 4.79 Å². The lowest BCUT2D eigenvalue weighted by molar-refractivity contribution is -0.143. The fourth-order valence-corrected chi connectivity index (χ4v) is 5.20. The number of hydrogen-bond donors (Lipinski definition) is 0. The van der Waals surface area contributed by atoms with Crippen molar-refractivity contribution in [2.75, 3.05) is 20.3 Å². The summed E-state index contributed by atoms with van der Waals surface area (Å²) in [5.74, 6) is 1.91. The van der Waals surface area contributed by atoms with Crippen LogP contribution in [0.1, 0.15) is 82.6 Å². The van der Waals surface area contributed by atoms with Gasteiger partial charge in [-0.25, -0.2) is 4.39 Å². The van der Waals surface area contributed by atoms with E-state index in [1.165, 1.54) is 18.9 Å². The van der Waals surface area contributed by atoms with E-state index in [2.05, 4.69) is 26.8 Å². The van der Waals surface area contributed by atoms with Crippen LogP contribution in [0.3, 0.4) is 0 Å². The molecule has 0 amide bonds. The first-order chi connectivity index (χ1) is 20.2. The van der Waals surface area contributed by atoms with Gasteiger partial charge in [0, 0.05) is 18.6 Å². The minimum absolute atomic E-state index is 0.102. The number of aryl methyl sites for hydroxylation is 1. The molecule has 3 aromatic carbocycles. The van der Waals surface area contributed by atoms with Crippen molar-refractivity contribution in [2.45, 2.75) is 78.9 Å². The number of hydrogen-bond acceptors (Lipinski definition) is 5. The first-order valence-electron chi connectivity index (χ1n) is 15.2. The monoisotopic (exact) mass is 576 g/mol. The lowest BCUT2D eigenvalue weighted by atomic mass is 9.75. The maximum absolute atomic E-state index is 15.0. The summed E-state index contributed by atoms with van der Waals surface area (Å²) in [7, 11) is 1.58. The van der Waals surface area contributed by atoms with E-state index in [1.807, 2.05) is 36.4 Å². The lowest BCUT2D eigenvalue weighted by Gasteiger charge is -2.39. The number of halogens is 1. The van der Waals surface area contributed by atoms with Crippen LogP contribution in [0.15, 0.2) is 60.7 Å². The summed E-state index contributed by atoms with van der Waals surface area (Å²) < 4.78 is 37.9. The van der Waals surface area contributed by atoms with Crippen LogP contribution >= 0.6 is 0 Å². The first kappa shape index (κ1) is 31.6. The van der Waals surface area contributed by atoms with Crippen LogP contribution in [0, 0.1) is 17.2 Å². The molecule has 1 atom stereocenters. The zero-order valence-electron chi connectivity index (χ0n) is 25.7. The Labute approximate surface area is 250 Å². The average molecular weight is 577 g/mol. The van der Waals surface area contributed by atoms with Crippen molar-refractivity contribution in [3.8, 4) is 22.6 Å². The third-order valence-electron chi connectivity index (χ3n) is 7.91. The number of rotatable bonds is 10. The molecule has 1 heterocycles. The van der Waals surface area contributed by atoms with E-state index in [0.29, 0.717) is 44.0 Å². The van der Waals surface area contributed by atoms with Gasteiger partial charge in [0.1, 0.15) is 23.9 Å². The van der Waals surface area contributed by atoms with Gasteiger partial charge in [-0.2, -0.15) is 0 Å². The van der Waals surface area contributed by atoms with Crippen molar-refractivity contribution in [2.24, 2.45) is 11.3 Å². The minimum atomic E-state index is -0.302. The fraction of sp³-hybridized carbons (Fsp3) is 0.472. The molecule has 0 radical (unpaired) electrons. The van der Waals surface area contributed by atoms with Crippen molar-refractivity contribution in [3.63, 3.8) is 0 Å². The van der Waals surface area contributed by atoms with Crippen LogP contribution in [-0.4, -0.2) is 26.3 Å². The lowest BCUT2D eigenvalue weighted by Crippen LogP contribution is -2.30. The number of benzene rings is 3. The highest BCUT2D eigenvalue weighted by Crippen LogP contribution is 2.47. The topological polar surface area (TPSA) is 54.0 Å². The highest BCUT2D eigenvalue weighted by Gasteiger charge is 2.36. The van der Waals surface area contributed by atoms with Crippen molar-refractivity contribution >= 4 is 5.97 Å². The molecule has 42 heavy (non-hydrogen) atoms. The van der Waals surface area contributed by atoms with Crippen LogP contribution in [0.5, 0.6) is 11.5 Å². The summed E-state index contributed by atoms with van der Waals surface area (Å²) in [5.41, 5.74) is 4.12. The Morgan fingerprint density at radius 2 is 1.79 bits per heavy atom. The molecule has 1 aliphatic carbocycles. The summed E-state index contributed by atoms with van der Waals surface area (Å²) >= 11 is 0. The Balaban J connectivity index is 0.000000932. The minimum Gasteiger partial charge on any atom is -0.497 e. The van der Waals surface area contributed by atoms with E-state index >= 15 is 4.39 Å². The normalized spacial score (nSPS) is 17.5. The summed E-state index contributed by atoms with van der Waals surface area (Å²) in [5, 5.41) is 0. The third-order valence-corrected chi connectivity index (χ3v) is 7.91. The number of ether oxygens (including phenoxy) is 4. The number of carbonyl (C=O) groups excluding carboxylic acids is 1. The molecule has 0 N–H and O–H groups in total. The fourth-order valence-electron chi connectivity index (χ4n) is 5.20. The van der Waals surface area contributed by atoms with E-state index in [-0.39, 0.29) is 23.3 Å². The molecule has 226 valence electrons. The second-order valence-electron chi connectivity index (χ2n) is 12.0. The maximum Gasteiger partial charge on any atom is 0.306 e. The highest BCUT2D eigenvalue weighted by atomic mass is 19.1. The summed E-state index contributed by atoms with van der Waals surface area (Å²) in [6, 6.07) is 18.6. The Morgan fingerprint density at radius 1 is 1.00 bits per heavy atom. The van der Waals surface area contributed by atoms with Crippen LogP contribution in [0.4, 0.5) is 4.39 Å². The van der Waals surface area contributed by atoms with Gasteiger partial charge in [0.25, 0.3) is 0 Å². The van der Waals surface area contributed by atoms with Crippen LogP contribution in [-0.2, 0) is 27.3 Å². The molecular weight excluding hydrogens is 531 g/mol. The SMILES string of the molecule is CC1CC1.CCOC(=O)CCc1cccc(OCc2ccc(-c3cc(OC)ccc3F)c(C3OCCCC3(C)C)c2)c1. The van der Waals surface area contributed by atoms with E-state index < -0.39 is 0 Å². The largest absolute Gasteiger partial charge is 0.497 e. The van der Waals surface area contributed by atoms with Gasteiger partial charge >= 0.3 is 5.97 Å². The maximum atomic E-state index is 15.0. The number of carbonyl (C=O) groups is 1. The molecule has 0 bridgehead atoms. The molecule has 5 rings (SSSR count). The smallest absolute Gasteiger partial charge is 0.306 e. The highest BCUT2D eigenvalue weighted by molar-refractivity contribution is 5.71. The second-order valence-corrected chi connectivity index (χ2v) is 12.0. The first-order valence-corrected chi connectivity index (χ1v) is 15.2. The summed E-state index contributed by atoms with van der Waals surface area (Å²) in [6.45, 7) is 9.89. The number of esters is 1. The van der Waals surface area contributed by atoms with Crippen molar-refractivity contribution in [1.29, 1.82) is 0 Å². The van der Waals surface area contributed by atoms with E-state index in [0.717, 1.165) is 46.8 Å². The van der Waals surface area contributed by atoms with Gasteiger partial charge in [-0.05, 0) is 96.2 Å². The predicted molar refractivity (Wildman–Crippen MR) is 164 cm³/mol. The molecule has 6 heteroatoms. The van der Waals surface area contributed by atoms with Gasteiger partial charge in [-0.1, -0.05) is 57.9 Å². The van der Waals surface area contributed by atoms with Crippen LogP contribution in [0.25, 0.3) is 11.1 Å². The van der Waals surface area contributed by atoms with Gasteiger partial charge in [-0.15, -0.1) is 0 Å². The third kappa shape index (κ3) is 8.81.